The topological polar surface area (TPSA) is 86.8 Å². The third kappa shape index (κ3) is 8.33. The van der Waals surface area contributed by atoms with Crippen molar-refractivity contribution in [1.82, 2.24) is 10.2 Å². The zero-order valence-electron chi connectivity index (χ0n) is 22.1. The van der Waals surface area contributed by atoms with Gasteiger partial charge in [0.1, 0.15) is 12.6 Å². The lowest BCUT2D eigenvalue weighted by atomic mass is 10.0. The van der Waals surface area contributed by atoms with E-state index in [4.69, 9.17) is 11.6 Å². The number of carbonyl (C=O) groups is 2. The standard InChI is InChI=1S/C29H34ClN3O4S/c1-21(2)31-29(35)27(18-23-8-6-5-7-9-23)32(19-24-12-14-25(30)15-13-24)28(34)20-33(38(4,36)37)26-16-10-22(3)11-17-26/h5-17,21,27H,18-20H2,1-4H3,(H,31,35). The van der Waals surface area contributed by atoms with Crippen LogP contribution in [-0.4, -0.2) is 50.0 Å². The van der Waals surface area contributed by atoms with Gasteiger partial charge in [-0.15, -0.1) is 0 Å². The maximum atomic E-state index is 13.9. The third-order valence-corrected chi connectivity index (χ3v) is 7.36. The van der Waals surface area contributed by atoms with Crippen LogP contribution in [0.25, 0.3) is 0 Å². The number of amides is 2. The molecule has 0 saturated carbocycles. The first-order valence-corrected chi connectivity index (χ1v) is 14.6. The molecular formula is C29H34ClN3O4S. The van der Waals surface area contributed by atoms with Gasteiger partial charge in [0.2, 0.25) is 21.8 Å². The average Bonchev–Trinajstić information content (AvgIpc) is 2.86. The summed E-state index contributed by atoms with van der Waals surface area (Å²) >= 11 is 6.07. The molecule has 2 amide bonds. The lowest BCUT2D eigenvalue weighted by molar-refractivity contribution is -0.140. The van der Waals surface area contributed by atoms with Gasteiger partial charge in [0.05, 0.1) is 11.9 Å². The molecule has 1 atom stereocenters. The molecule has 0 aromatic heterocycles. The summed E-state index contributed by atoms with van der Waals surface area (Å²) in [5.41, 5.74) is 2.98. The molecule has 1 unspecified atom stereocenters. The zero-order chi connectivity index (χ0) is 27.9. The van der Waals surface area contributed by atoms with E-state index >= 15 is 0 Å². The van der Waals surface area contributed by atoms with Crippen LogP contribution in [0.3, 0.4) is 0 Å². The summed E-state index contributed by atoms with van der Waals surface area (Å²) in [6.07, 6.45) is 1.33. The molecule has 0 spiro atoms. The molecule has 3 rings (SSSR count). The van der Waals surface area contributed by atoms with Crippen LogP contribution in [0.2, 0.25) is 5.02 Å². The maximum absolute atomic E-state index is 13.9. The third-order valence-electron chi connectivity index (χ3n) is 5.97. The summed E-state index contributed by atoms with van der Waals surface area (Å²) < 4.78 is 26.6. The second kappa shape index (κ2) is 12.9. The van der Waals surface area contributed by atoms with Gasteiger partial charge >= 0.3 is 0 Å². The molecule has 0 bridgehead atoms. The van der Waals surface area contributed by atoms with Gasteiger partial charge in [-0.25, -0.2) is 8.42 Å². The molecule has 7 nitrogen and oxygen atoms in total. The van der Waals surface area contributed by atoms with Gasteiger partial charge in [0.15, 0.2) is 0 Å². The lowest BCUT2D eigenvalue weighted by Gasteiger charge is -2.34. The van der Waals surface area contributed by atoms with Crippen LogP contribution < -0.4 is 9.62 Å². The zero-order valence-corrected chi connectivity index (χ0v) is 23.7. The minimum atomic E-state index is -3.79. The summed E-state index contributed by atoms with van der Waals surface area (Å²) in [7, 11) is -3.79. The molecule has 0 aliphatic heterocycles. The quantitative estimate of drug-likeness (QED) is 0.375. The number of benzene rings is 3. The Balaban J connectivity index is 2.04. The monoisotopic (exact) mass is 555 g/mol. The Morgan fingerprint density at radius 3 is 2.05 bits per heavy atom. The first kappa shape index (κ1) is 29.2. The SMILES string of the molecule is Cc1ccc(N(CC(=O)N(Cc2ccc(Cl)cc2)C(Cc2ccccc2)C(=O)NC(C)C)S(C)(=O)=O)cc1. The van der Waals surface area contributed by atoms with E-state index in [2.05, 4.69) is 5.32 Å². The second-order valence-electron chi connectivity index (χ2n) is 9.62. The number of nitrogens with one attached hydrogen (secondary N) is 1. The first-order chi connectivity index (χ1) is 17.9. The van der Waals surface area contributed by atoms with E-state index in [0.717, 1.165) is 27.3 Å². The molecule has 0 radical (unpaired) electrons. The van der Waals surface area contributed by atoms with Crippen LogP contribution in [0.1, 0.15) is 30.5 Å². The number of sulfonamides is 1. The minimum absolute atomic E-state index is 0.102. The number of anilines is 1. The molecule has 0 heterocycles. The number of hydrogen-bond donors (Lipinski definition) is 1. The van der Waals surface area contributed by atoms with E-state index in [-0.39, 0.29) is 24.9 Å². The Labute approximate surface area is 230 Å². The Kier molecular flexibility index (Phi) is 9.94. The molecule has 0 fully saturated rings. The van der Waals surface area contributed by atoms with Gasteiger partial charge in [-0.1, -0.05) is 71.8 Å². The van der Waals surface area contributed by atoms with Crippen molar-refractivity contribution in [2.75, 3.05) is 17.1 Å². The number of hydrogen-bond acceptors (Lipinski definition) is 4. The molecule has 1 N–H and O–H groups in total. The van der Waals surface area contributed by atoms with Gasteiger partial charge in [-0.05, 0) is 56.2 Å². The van der Waals surface area contributed by atoms with Crippen molar-refractivity contribution in [3.8, 4) is 0 Å². The summed E-state index contributed by atoms with van der Waals surface area (Å²) in [5, 5.41) is 3.48. The summed E-state index contributed by atoms with van der Waals surface area (Å²) in [4.78, 5) is 28.9. The number of nitrogens with zero attached hydrogens (tertiary/aromatic N) is 2. The van der Waals surface area contributed by atoms with E-state index in [1.165, 1.54) is 4.90 Å². The van der Waals surface area contributed by atoms with E-state index in [1.807, 2.05) is 51.1 Å². The van der Waals surface area contributed by atoms with Crippen molar-refractivity contribution in [1.29, 1.82) is 0 Å². The van der Waals surface area contributed by atoms with E-state index in [1.54, 1.807) is 48.5 Å². The normalized spacial score (nSPS) is 12.2. The molecule has 202 valence electrons. The van der Waals surface area contributed by atoms with E-state index < -0.39 is 28.5 Å². The molecule has 38 heavy (non-hydrogen) atoms. The van der Waals surface area contributed by atoms with E-state index in [0.29, 0.717) is 10.7 Å². The summed E-state index contributed by atoms with van der Waals surface area (Å²) in [6, 6.07) is 22.3. The number of halogens is 1. The predicted molar refractivity (Wildman–Crippen MR) is 153 cm³/mol. The molecular weight excluding hydrogens is 522 g/mol. The minimum Gasteiger partial charge on any atom is -0.352 e. The van der Waals surface area contributed by atoms with Crippen molar-refractivity contribution >= 4 is 39.1 Å². The average molecular weight is 556 g/mol. The van der Waals surface area contributed by atoms with Crippen LogP contribution in [0.4, 0.5) is 5.69 Å². The summed E-state index contributed by atoms with van der Waals surface area (Å²) in [5.74, 6) is -0.807. The number of aryl methyl sites for hydroxylation is 1. The fourth-order valence-corrected chi connectivity index (χ4v) is 5.02. The van der Waals surface area contributed by atoms with Crippen molar-refractivity contribution < 1.29 is 18.0 Å². The molecule has 9 heteroatoms. The van der Waals surface area contributed by atoms with Gasteiger partial charge in [0, 0.05) is 24.0 Å². The molecule has 0 aliphatic rings. The van der Waals surface area contributed by atoms with Gasteiger partial charge in [0.25, 0.3) is 0 Å². The maximum Gasteiger partial charge on any atom is 0.244 e. The lowest BCUT2D eigenvalue weighted by Crippen LogP contribution is -2.54. The highest BCUT2D eigenvalue weighted by molar-refractivity contribution is 7.92. The van der Waals surface area contributed by atoms with Crippen LogP contribution >= 0.6 is 11.6 Å². The Hall–Kier alpha value is -3.36. The fraction of sp³-hybridized carbons (Fsp3) is 0.310. The Morgan fingerprint density at radius 1 is 0.895 bits per heavy atom. The second-order valence-corrected chi connectivity index (χ2v) is 12.0. The highest BCUT2D eigenvalue weighted by Gasteiger charge is 2.33. The van der Waals surface area contributed by atoms with Crippen molar-refractivity contribution in [3.05, 3.63) is 101 Å². The van der Waals surface area contributed by atoms with Gasteiger partial charge < -0.3 is 10.2 Å². The van der Waals surface area contributed by atoms with Gasteiger partial charge in [-0.3, -0.25) is 13.9 Å². The number of carbonyl (C=O) groups excluding carboxylic acids is 2. The Bertz CT molecular complexity index is 1330. The van der Waals surface area contributed by atoms with Crippen LogP contribution in [0.15, 0.2) is 78.9 Å². The molecule has 0 saturated heterocycles. The smallest absolute Gasteiger partial charge is 0.244 e. The van der Waals surface area contributed by atoms with Crippen LogP contribution in [0, 0.1) is 6.92 Å². The first-order valence-electron chi connectivity index (χ1n) is 12.4. The Morgan fingerprint density at radius 2 is 1.50 bits per heavy atom. The van der Waals surface area contributed by atoms with Crippen LogP contribution in [-0.2, 0) is 32.6 Å². The van der Waals surface area contributed by atoms with E-state index in [9.17, 15) is 18.0 Å². The summed E-state index contributed by atoms with van der Waals surface area (Å²) in [6.45, 7) is 5.26. The van der Waals surface area contributed by atoms with Crippen molar-refractivity contribution in [2.24, 2.45) is 0 Å². The van der Waals surface area contributed by atoms with Crippen molar-refractivity contribution in [3.63, 3.8) is 0 Å². The molecule has 0 aliphatic carbocycles. The van der Waals surface area contributed by atoms with Crippen molar-refractivity contribution in [2.45, 2.75) is 45.8 Å². The highest BCUT2D eigenvalue weighted by atomic mass is 35.5. The fourth-order valence-electron chi connectivity index (χ4n) is 4.05. The predicted octanol–water partition coefficient (Wildman–Crippen LogP) is 4.58. The van der Waals surface area contributed by atoms with Gasteiger partial charge in [-0.2, -0.15) is 0 Å². The van der Waals surface area contributed by atoms with Crippen LogP contribution in [0.5, 0.6) is 0 Å². The molecule has 3 aromatic rings. The number of rotatable bonds is 11. The largest absolute Gasteiger partial charge is 0.352 e. The molecule has 3 aromatic carbocycles. The highest BCUT2D eigenvalue weighted by Crippen LogP contribution is 2.21.